The van der Waals surface area contributed by atoms with Gasteiger partial charge in [0.1, 0.15) is 6.10 Å². The zero-order valence-corrected chi connectivity index (χ0v) is 22.9. The van der Waals surface area contributed by atoms with Gasteiger partial charge in [0.15, 0.2) is 0 Å². The summed E-state index contributed by atoms with van der Waals surface area (Å²) in [7, 11) is 1.33. The molecule has 0 aromatic carbocycles. The van der Waals surface area contributed by atoms with Crippen molar-refractivity contribution in [1.82, 2.24) is 5.32 Å². The maximum atomic E-state index is 12.0. The Hall–Kier alpha value is -2.90. The van der Waals surface area contributed by atoms with Gasteiger partial charge in [0, 0.05) is 24.8 Å². The summed E-state index contributed by atoms with van der Waals surface area (Å²) in [4.78, 5) is 23.3. The summed E-state index contributed by atoms with van der Waals surface area (Å²) in [5.41, 5.74) is 2.30. The lowest BCUT2D eigenvalue weighted by molar-refractivity contribution is -0.141. The molecule has 2 N–H and O–H groups in total. The number of amides is 1. The van der Waals surface area contributed by atoms with Gasteiger partial charge >= 0.3 is 12.1 Å². The van der Waals surface area contributed by atoms with Crippen LogP contribution in [0.1, 0.15) is 53.9 Å². The molecule has 0 bridgehead atoms. The Kier molecular flexibility index (Phi) is 12.6. The first-order valence-electron chi connectivity index (χ1n) is 13.0. The van der Waals surface area contributed by atoms with E-state index in [1.165, 1.54) is 18.8 Å². The molecule has 0 aromatic rings. The number of nitrogens with one attached hydrogen (secondary N) is 1. The number of alkyl carbamates (subject to hydrolysis) is 1. The fourth-order valence-corrected chi connectivity index (χ4v) is 4.55. The number of carbonyl (C=O) groups excluding carboxylic acids is 2. The van der Waals surface area contributed by atoms with Gasteiger partial charge in [0.25, 0.3) is 0 Å². The second-order valence-electron chi connectivity index (χ2n) is 9.95. The molecule has 2 rings (SSSR count). The predicted octanol–water partition coefficient (Wildman–Crippen LogP) is 5.34. The van der Waals surface area contributed by atoms with E-state index in [1.807, 2.05) is 69.4 Å². The molecule has 0 spiro atoms. The molecule has 0 aliphatic carbocycles. The van der Waals surface area contributed by atoms with Crippen LogP contribution < -0.4 is 5.32 Å². The molecule has 0 aromatic heterocycles. The lowest BCUT2D eigenvalue weighted by Gasteiger charge is -2.39. The largest absolute Gasteiger partial charge is 0.455 e. The molecule has 7 nitrogen and oxygen atoms in total. The summed E-state index contributed by atoms with van der Waals surface area (Å²) >= 11 is 0. The third-order valence-corrected chi connectivity index (χ3v) is 6.54. The lowest BCUT2D eigenvalue weighted by Crippen LogP contribution is -2.51. The Morgan fingerprint density at radius 1 is 1.32 bits per heavy atom. The maximum absolute atomic E-state index is 12.0. The van der Waals surface area contributed by atoms with E-state index in [4.69, 9.17) is 14.2 Å². The quantitative estimate of drug-likeness (QED) is 0.233. The van der Waals surface area contributed by atoms with Crippen LogP contribution in [0.4, 0.5) is 4.79 Å². The van der Waals surface area contributed by atoms with Gasteiger partial charge in [0.2, 0.25) is 0 Å². The number of aliphatic hydroxyl groups is 1. The van der Waals surface area contributed by atoms with E-state index >= 15 is 0 Å². The van der Waals surface area contributed by atoms with Crippen molar-refractivity contribution in [3.63, 3.8) is 0 Å². The number of ether oxygens (including phenoxy) is 3. The van der Waals surface area contributed by atoms with Gasteiger partial charge in [-0.15, -0.1) is 0 Å². The lowest BCUT2D eigenvalue weighted by atomic mass is 9.87. The van der Waals surface area contributed by atoms with Crippen molar-refractivity contribution < 1.29 is 28.9 Å². The molecule has 2 aliphatic heterocycles. The molecule has 1 saturated heterocycles. The summed E-state index contributed by atoms with van der Waals surface area (Å²) in [5, 5.41) is 13.4. The molecule has 1 amide bonds. The van der Waals surface area contributed by atoms with Crippen LogP contribution in [0.15, 0.2) is 71.9 Å². The second-order valence-corrected chi connectivity index (χ2v) is 9.95. The minimum Gasteiger partial charge on any atom is -0.455 e. The van der Waals surface area contributed by atoms with Gasteiger partial charge in [-0.3, -0.25) is 0 Å². The summed E-state index contributed by atoms with van der Waals surface area (Å²) in [6.07, 6.45) is 19.2. The number of allylic oxidation sites excluding steroid dienone is 7. The standard InChI is InChI=1S/C30H43NO6/c1-7-10-27-23(5)26(32)19-28(37-27)25(31-30(34)35-6)13-8-11-20(2)17-22(4)18-21(3)15-16-24-12-9-14-29(33)36-24/h7-11,13-16,18,22-28,32H,12,17,19H2,1-6H3,(H,31,34)/b10-7+,13-8+,16-15+,20-11+,21-18-/t22-,23+,24-,25-,26-,27+,28+/m1/s1. The Bertz CT molecular complexity index is 944. The molecule has 204 valence electrons. The molecule has 7 atom stereocenters. The van der Waals surface area contributed by atoms with Crippen LogP contribution in [-0.4, -0.2) is 54.7 Å². The number of hydrogen-bond donors (Lipinski definition) is 2. The first kappa shape index (κ1) is 30.3. The zero-order valence-electron chi connectivity index (χ0n) is 22.9. The Morgan fingerprint density at radius 3 is 2.76 bits per heavy atom. The van der Waals surface area contributed by atoms with Gasteiger partial charge in [-0.1, -0.05) is 73.6 Å². The van der Waals surface area contributed by atoms with Crippen molar-refractivity contribution in [2.75, 3.05) is 7.11 Å². The highest BCUT2D eigenvalue weighted by Crippen LogP contribution is 2.28. The Labute approximate surface area is 221 Å². The minimum absolute atomic E-state index is 0.0280. The van der Waals surface area contributed by atoms with E-state index in [-0.39, 0.29) is 30.2 Å². The van der Waals surface area contributed by atoms with Crippen molar-refractivity contribution in [2.24, 2.45) is 11.8 Å². The zero-order chi connectivity index (χ0) is 27.4. The summed E-state index contributed by atoms with van der Waals surface area (Å²) < 4.78 is 16.3. The van der Waals surface area contributed by atoms with Crippen LogP contribution in [0.2, 0.25) is 0 Å². The first-order chi connectivity index (χ1) is 17.6. The van der Waals surface area contributed by atoms with Gasteiger partial charge in [-0.25, -0.2) is 9.59 Å². The molecular weight excluding hydrogens is 470 g/mol. The molecule has 0 saturated carbocycles. The number of cyclic esters (lactones) is 1. The third-order valence-electron chi connectivity index (χ3n) is 6.54. The Balaban J connectivity index is 2.00. The van der Waals surface area contributed by atoms with E-state index in [9.17, 15) is 14.7 Å². The van der Waals surface area contributed by atoms with Crippen LogP contribution >= 0.6 is 0 Å². The van der Waals surface area contributed by atoms with E-state index in [1.54, 1.807) is 0 Å². The average molecular weight is 514 g/mol. The number of aliphatic hydroxyl groups excluding tert-OH is 1. The second kappa shape index (κ2) is 15.4. The topological polar surface area (TPSA) is 94.1 Å². The van der Waals surface area contributed by atoms with E-state index in [0.29, 0.717) is 18.8 Å². The number of hydrogen-bond acceptors (Lipinski definition) is 6. The molecule has 37 heavy (non-hydrogen) atoms. The van der Waals surface area contributed by atoms with Gasteiger partial charge < -0.3 is 24.6 Å². The fourth-order valence-electron chi connectivity index (χ4n) is 4.55. The maximum Gasteiger partial charge on any atom is 0.407 e. The van der Waals surface area contributed by atoms with Crippen molar-refractivity contribution in [3.05, 3.63) is 71.9 Å². The van der Waals surface area contributed by atoms with Crippen molar-refractivity contribution in [3.8, 4) is 0 Å². The van der Waals surface area contributed by atoms with Crippen molar-refractivity contribution in [2.45, 2.75) is 84.3 Å². The van der Waals surface area contributed by atoms with Gasteiger partial charge in [-0.2, -0.15) is 0 Å². The van der Waals surface area contributed by atoms with Gasteiger partial charge in [-0.05, 0) is 39.2 Å². The molecule has 0 unspecified atom stereocenters. The number of methoxy groups -OCH3 is 1. The predicted molar refractivity (Wildman–Crippen MR) is 146 cm³/mol. The highest BCUT2D eigenvalue weighted by molar-refractivity contribution is 5.82. The molecule has 7 heteroatoms. The smallest absolute Gasteiger partial charge is 0.407 e. The highest BCUT2D eigenvalue weighted by atomic mass is 16.5. The summed E-state index contributed by atoms with van der Waals surface area (Å²) in [6.45, 7) is 10.1. The normalized spacial score (nSPS) is 29.1. The molecule has 0 radical (unpaired) electrons. The summed E-state index contributed by atoms with van der Waals surface area (Å²) in [5.74, 6) is -0.0150. The molecule has 1 fully saturated rings. The monoisotopic (exact) mass is 513 g/mol. The van der Waals surface area contributed by atoms with E-state index in [2.05, 4.69) is 25.2 Å². The van der Waals surface area contributed by atoms with Crippen LogP contribution in [0, 0.1) is 11.8 Å². The van der Waals surface area contributed by atoms with Crippen molar-refractivity contribution in [1.29, 1.82) is 0 Å². The van der Waals surface area contributed by atoms with E-state index in [0.717, 1.165) is 12.0 Å². The first-order valence-corrected chi connectivity index (χ1v) is 13.0. The summed E-state index contributed by atoms with van der Waals surface area (Å²) in [6, 6.07) is -0.445. The number of esters is 1. The van der Waals surface area contributed by atoms with Gasteiger partial charge in [0.05, 0.1) is 31.5 Å². The fraction of sp³-hybridized carbons (Fsp3) is 0.533. The average Bonchev–Trinajstić information content (AvgIpc) is 2.84. The minimum atomic E-state index is -0.545. The molecule has 2 aliphatic rings. The van der Waals surface area contributed by atoms with Crippen LogP contribution in [0.3, 0.4) is 0 Å². The highest BCUT2D eigenvalue weighted by Gasteiger charge is 2.37. The van der Waals surface area contributed by atoms with Crippen LogP contribution in [0.5, 0.6) is 0 Å². The SMILES string of the molecule is C/C=C/[C@@H]1O[C@H]([C@@H](/C=C/C=C(\C)C[C@@H](C)/C=C(C)\C=C\[C@H]2CC=CC(=O)O2)NC(=O)OC)C[C@@H](O)[C@@H]1C. The number of carbonyl (C=O) groups is 2. The number of rotatable bonds is 10. The third kappa shape index (κ3) is 10.5. The molecular formula is C30H43NO6. The van der Waals surface area contributed by atoms with Crippen LogP contribution in [0.25, 0.3) is 0 Å². The molecule has 2 heterocycles. The van der Waals surface area contributed by atoms with Crippen LogP contribution in [-0.2, 0) is 19.0 Å². The Morgan fingerprint density at radius 2 is 2.08 bits per heavy atom. The van der Waals surface area contributed by atoms with E-state index < -0.39 is 18.2 Å². The van der Waals surface area contributed by atoms with Crippen molar-refractivity contribution >= 4 is 12.1 Å².